The van der Waals surface area contributed by atoms with E-state index in [1.165, 1.54) is 5.69 Å². The van der Waals surface area contributed by atoms with Crippen LogP contribution in [0.1, 0.15) is 0 Å². The number of nitrogens with zero attached hydrogens (tertiary/aromatic N) is 2. The first-order valence-corrected chi connectivity index (χ1v) is 5.47. The summed E-state index contributed by atoms with van der Waals surface area (Å²) in [6.07, 6.45) is 0.457. The molecular weight excluding hydrogens is 186 g/mol. The summed E-state index contributed by atoms with van der Waals surface area (Å²) in [4.78, 5) is 4.66. The van der Waals surface area contributed by atoms with Gasteiger partial charge in [0.1, 0.15) is 0 Å². The van der Waals surface area contributed by atoms with Gasteiger partial charge in [0.25, 0.3) is 0 Å². The summed E-state index contributed by atoms with van der Waals surface area (Å²) >= 11 is 0. The normalized spacial score (nSPS) is 22.1. The molecular formula is C12H19N3. The molecule has 0 spiro atoms. The molecule has 1 aliphatic heterocycles. The van der Waals surface area contributed by atoms with Gasteiger partial charge in [-0.15, -0.1) is 0 Å². The van der Waals surface area contributed by atoms with Crippen molar-refractivity contribution in [1.29, 1.82) is 0 Å². The summed E-state index contributed by atoms with van der Waals surface area (Å²) in [5.74, 6) is 0. The van der Waals surface area contributed by atoms with Crippen LogP contribution in [0.3, 0.4) is 0 Å². The van der Waals surface area contributed by atoms with Crippen LogP contribution in [0.4, 0.5) is 5.69 Å². The van der Waals surface area contributed by atoms with Crippen LogP contribution >= 0.6 is 0 Å². The minimum absolute atomic E-state index is 0.457. The Hall–Kier alpha value is -1.06. The van der Waals surface area contributed by atoms with Crippen molar-refractivity contribution in [2.75, 3.05) is 38.6 Å². The van der Waals surface area contributed by atoms with Crippen LogP contribution in [0.5, 0.6) is 0 Å². The third-order valence-corrected chi connectivity index (χ3v) is 2.90. The summed E-state index contributed by atoms with van der Waals surface area (Å²) < 4.78 is 0. The first-order valence-electron chi connectivity index (χ1n) is 5.47. The number of anilines is 1. The first-order chi connectivity index (χ1) is 7.27. The van der Waals surface area contributed by atoms with Gasteiger partial charge >= 0.3 is 0 Å². The maximum absolute atomic E-state index is 3.50. The molecule has 0 aliphatic carbocycles. The molecule has 3 nitrogen and oxygen atoms in total. The highest BCUT2D eigenvalue weighted by Crippen LogP contribution is 2.15. The van der Waals surface area contributed by atoms with Crippen LogP contribution in [0.15, 0.2) is 30.3 Å². The van der Waals surface area contributed by atoms with Crippen molar-refractivity contribution in [2.45, 2.75) is 6.17 Å². The molecule has 1 saturated heterocycles. The molecule has 1 fully saturated rings. The van der Waals surface area contributed by atoms with E-state index in [1.54, 1.807) is 0 Å². The quantitative estimate of drug-likeness (QED) is 0.776. The van der Waals surface area contributed by atoms with Crippen LogP contribution < -0.4 is 10.2 Å². The number of hydrogen-bond acceptors (Lipinski definition) is 3. The number of rotatable bonds is 2. The van der Waals surface area contributed by atoms with Crippen molar-refractivity contribution in [1.82, 2.24) is 10.2 Å². The molecule has 1 aliphatic rings. The number of benzene rings is 1. The van der Waals surface area contributed by atoms with E-state index in [-0.39, 0.29) is 0 Å². The van der Waals surface area contributed by atoms with Gasteiger partial charge in [-0.25, -0.2) is 0 Å². The highest BCUT2D eigenvalue weighted by molar-refractivity contribution is 5.46. The molecule has 82 valence electrons. The van der Waals surface area contributed by atoms with Gasteiger partial charge in [0.05, 0.1) is 6.17 Å². The zero-order chi connectivity index (χ0) is 10.7. The molecule has 1 unspecified atom stereocenters. The Bertz CT molecular complexity index is 297. The van der Waals surface area contributed by atoms with E-state index < -0.39 is 0 Å². The van der Waals surface area contributed by atoms with Crippen molar-refractivity contribution < 1.29 is 0 Å². The largest absolute Gasteiger partial charge is 0.367 e. The summed E-state index contributed by atoms with van der Waals surface area (Å²) in [6.45, 7) is 3.20. The van der Waals surface area contributed by atoms with E-state index in [4.69, 9.17) is 0 Å². The van der Waals surface area contributed by atoms with E-state index >= 15 is 0 Å². The van der Waals surface area contributed by atoms with Gasteiger partial charge in [-0.1, -0.05) is 18.2 Å². The standard InChI is InChI=1S/C12H19N3/c1-14(2)12-10-15(9-8-13-12)11-6-4-3-5-7-11/h3-7,12-13H,8-10H2,1-2H3. The molecule has 0 amide bonds. The molecule has 1 heterocycles. The van der Waals surface area contributed by atoms with Gasteiger partial charge in [-0.05, 0) is 26.2 Å². The average Bonchev–Trinajstić information content (AvgIpc) is 2.30. The van der Waals surface area contributed by atoms with Crippen LogP contribution in [0, 0.1) is 0 Å². The van der Waals surface area contributed by atoms with Crippen molar-refractivity contribution in [2.24, 2.45) is 0 Å². The van der Waals surface area contributed by atoms with Gasteiger partial charge in [-0.3, -0.25) is 10.2 Å². The highest BCUT2D eigenvalue weighted by atomic mass is 15.3. The molecule has 2 rings (SSSR count). The average molecular weight is 205 g/mol. The highest BCUT2D eigenvalue weighted by Gasteiger charge is 2.20. The minimum Gasteiger partial charge on any atom is -0.367 e. The fourth-order valence-electron chi connectivity index (χ4n) is 1.95. The van der Waals surface area contributed by atoms with Crippen molar-refractivity contribution in [3.63, 3.8) is 0 Å². The number of piperazine rings is 1. The summed E-state index contributed by atoms with van der Waals surface area (Å²) in [6, 6.07) is 10.6. The maximum Gasteiger partial charge on any atom is 0.0773 e. The lowest BCUT2D eigenvalue weighted by Gasteiger charge is -2.38. The lowest BCUT2D eigenvalue weighted by atomic mass is 10.2. The molecule has 15 heavy (non-hydrogen) atoms. The van der Waals surface area contributed by atoms with Crippen LogP contribution in [0.25, 0.3) is 0 Å². The first kappa shape index (κ1) is 10.5. The second kappa shape index (κ2) is 4.64. The predicted octanol–water partition coefficient (Wildman–Crippen LogP) is 0.984. The lowest BCUT2D eigenvalue weighted by Crippen LogP contribution is -2.56. The van der Waals surface area contributed by atoms with Crippen molar-refractivity contribution >= 4 is 5.69 Å². The van der Waals surface area contributed by atoms with Crippen molar-refractivity contribution in [3.05, 3.63) is 30.3 Å². The topological polar surface area (TPSA) is 18.5 Å². The van der Waals surface area contributed by atoms with E-state index in [9.17, 15) is 0 Å². The molecule has 3 heteroatoms. The smallest absolute Gasteiger partial charge is 0.0773 e. The number of likely N-dealkylation sites (N-methyl/N-ethyl adjacent to an activating group) is 1. The molecule has 0 saturated carbocycles. The second-order valence-electron chi connectivity index (χ2n) is 4.22. The third kappa shape index (κ3) is 2.49. The molecule has 0 aromatic heterocycles. The minimum atomic E-state index is 0.457. The van der Waals surface area contributed by atoms with Crippen molar-refractivity contribution in [3.8, 4) is 0 Å². The Morgan fingerprint density at radius 1 is 1.27 bits per heavy atom. The molecule has 1 aromatic rings. The third-order valence-electron chi connectivity index (χ3n) is 2.90. The van der Waals surface area contributed by atoms with Gasteiger partial charge in [0.15, 0.2) is 0 Å². The van der Waals surface area contributed by atoms with Gasteiger partial charge < -0.3 is 4.90 Å². The van der Waals surface area contributed by atoms with Gasteiger partial charge in [-0.2, -0.15) is 0 Å². The zero-order valence-corrected chi connectivity index (χ0v) is 9.48. The monoisotopic (exact) mass is 205 g/mol. The number of para-hydroxylation sites is 1. The van der Waals surface area contributed by atoms with E-state index in [0.29, 0.717) is 6.17 Å². The maximum atomic E-state index is 3.50. The Labute approximate surface area is 91.7 Å². The van der Waals surface area contributed by atoms with E-state index in [1.807, 2.05) is 0 Å². The molecule has 1 N–H and O–H groups in total. The fraction of sp³-hybridized carbons (Fsp3) is 0.500. The Morgan fingerprint density at radius 2 is 2.00 bits per heavy atom. The SMILES string of the molecule is CN(C)C1CN(c2ccccc2)CCN1. The molecule has 1 aromatic carbocycles. The summed E-state index contributed by atoms with van der Waals surface area (Å²) in [5, 5.41) is 3.50. The van der Waals surface area contributed by atoms with Crippen LogP contribution in [-0.4, -0.2) is 44.8 Å². The van der Waals surface area contributed by atoms with Gasteiger partial charge in [0.2, 0.25) is 0 Å². The Morgan fingerprint density at radius 3 is 2.67 bits per heavy atom. The summed E-state index contributed by atoms with van der Waals surface area (Å²) in [7, 11) is 4.23. The van der Waals surface area contributed by atoms with E-state index in [0.717, 1.165) is 19.6 Å². The van der Waals surface area contributed by atoms with Gasteiger partial charge in [0, 0.05) is 25.3 Å². The number of hydrogen-bond donors (Lipinski definition) is 1. The predicted molar refractivity (Wildman–Crippen MR) is 64.1 cm³/mol. The fourth-order valence-corrected chi connectivity index (χ4v) is 1.95. The zero-order valence-electron chi connectivity index (χ0n) is 9.48. The van der Waals surface area contributed by atoms with E-state index in [2.05, 4.69) is 59.5 Å². The summed E-state index contributed by atoms with van der Waals surface area (Å²) in [5.41, 5.74) is 1.32. The second-order valence-corrected chi connectivity index (χ2v) is 4.22. The number of nitrogens with one attached hydrogen (secondary N) is 1. The lowest BCUT2D eigenvalue weighted by molar-refractivity contribution is 0.232. The van der Waals surface area contributed by atoms with Crippen LogP contribution in [-0.2, 0) is 0 Å². The Balaban J connectivity index is 2.05. The Kier molecular flexibility index (Phi) is 3.23. The molecule has 0 radical (unpaired) electrons. The van der Waals surface area contributed by atoms with Crippen LogP contribution in [0.2, 0.25) is 0 Å². The molecule has 1 atom stereocenters. The molecule has 0 bridgehead atoms.